The maximum absolute atomic E-state index is 10.8. The first kappa shape index (κ1) is 7.97. The van der Waals surface area contributed by atoms with Gasteiger partial charge in [0.15, 0.2) is 9.84 Å². The van der Waals surface area contributed by atoms with Crippen LogP contribution in [0.5, 0.6) is 0 Å². The lowest BCUT2D eigenvalue weighted by atomic mass is 10.3. The minimum Gasteiger partial charge on any atom is -0.376 e. The molecule has 1 aliphatic rings. The molecule has 0 spiro atoms. The fourth-order valence-electron chi connectivity index (χ4n) is 1.04. The van der Waals surface area contributed by atoms with Crippen LogP contribution in [0, 0.1) is 0 Å². The molecule has 1 saturated heterocycles. The monoisotopic (exact) mass is 164 g/mol. The summed E-state index contributed by atoms with van der Waals surface area (Å²) in [4.78, 5) is 0. The lowest BCUT2D eigenvalue weighted by molar-refractivity contribution is 0.159. The van der Waals surface area contributed by atoms with Gasteiger partial charge in [-0.15, -0.1) is 0 Å². The van der Waals surface area contributed by atoms with Crippen molar-refractivity contribution < 1.29 is 13.5 Å². The molecule has 5 heteroatoms. The number of hydrogen-bond acceptors (Lipinski definition) is 3. The summed E-state index contributed by atoms with van der Waals surface area (Å²) in [5, 5.41) is 12.0. The predicted molar refractivity (Wildman–Crippen MR) is 36.3 cm³/mol. The van der Waals surface area contributed by atoms with Gasteiger partial charge in [-0.25, -0.2) is 13.7 Å². The first-order valence-corrected chi connectivity index (χ1v) is 5.01. The largest absolute Gasteiger partial charge is 0.376 e. The van der Waals surface area contributed by atoms with Gasteiger partial charge < -0.3 is 5.11 Å². The number of sulfone groups is 1. The van der Waals surface area contributed by atoms with Gasteiger partial charge in [-0.05, 0) is 6.42 Å². The SMILES string of the molecule is CS(=O)(=O)C1CC[N]C1O. The minimum atomic E-state index is -3.10. The van der Waals surface area contributed by atoms with Crippen LogP contribution in [0.3, 0.4) is 0 Å². The zero-order chi connectivity index (χ0) is 7.78. The van der Waals surface area contributed by atoms with Crippen LogP contribution in [-0.4, -0.2) is 37.8 Å². The van der Waals surface area contributed by atoms with E-state index in [4.69, 9.17) is 5.11 Å². The highest BCUT2D eigenvalue weighted by Crippen LogP contribution is 2.14. The van der Waals surface area contributed by atoms with Crippen molar-refractivity contribution in [3.8, 4) is 0 Å². The average Bonchev–Trinajstić information content (AvgIpc) is 2.11. The summed E-state index contributed by atoms with van der Waals surface area (Å²) in [6, 6.07) is 0. The van der Waals surface area contributed by atoms with Gasteiger partial charge in [0.25, 0.3) is 0 Å². The van der Waals surface area contributed by atoms with E-state index < -0.39 is 21.3 Å². The molecule has 59 valence electrons. The van der Waals surface area contributed by atoms with Gasteiger partial charge >= 0.3 is 0 Å². The first-order chi connectivity index (χ1) is 4.52. The minimum absolute atomic E-state index is 0.457. The lowest BCUT2D eigenvalue weighted by Crippen LogP contribution is -2.31. The van der Waals surface area contributed by atoms with Crippen LogP contribution in [0.4, 0.5) is 0 Å². The Bertz CT molecular complexity index is 211. The van der Waals surface area contributed by atoms with Gasteiger partial charge in [0.2, 0.25) is 0 Å². The molecule has 1 fully saturated rings. The van der Waals surface area contributed by atoms with Crippen LogP contribution in [0.1, 0.15) is 6.42 Å². The molecule has 0 bridgehead atoms. The Morgan fingerprint density at radius 3 is 2.40 bits per heavy atom. The fraction of sp³-hybridized carbons (Fsp3) is 1.00. The second-order valence-corrected chi connectivity index (χ2v) is 4.74. The number of rotatable bonds is 1. The van der Waals surface area contributed by atoms with E-state index in [0.29, 0.717) is 13.0 Å². The summed E-state index contributed by atoms with van der Waals surface area (Å²) in [5.74, 6) is 0. The Morgan fingerprint density at radius 1 is 1.60 bits per heavy atom. The van der Waals surface area contributed by atoms with E-state index in [2.05, 4.69) is 5.32 Å². The Labute approximate surface area is 60.2 Å². The highest BCUT2D eigenvalue weighted by atomic mass is 32.2. The highest BCUT2D eigenvalue weighted by Gasteiger charge is 2.33. The molecule has 0 amide bonds. The van der Waals surface area contributed by atoms with Crippen molar-refractivity contribution in [2.45, 2.75) is 17.9 Å². The Hall–Kier alpha value is -0.130. The van der Waals surface area contributed by atoms with Crippen LogP contribution in [0.15, 0.2) is 0 Å². The molecule has 10 heavy (non-hydrogen) atoms. The molecule has 0 aromatic carbocycles. The average molecular weight is 164 g/mol. The van der Waals surface area contributed by atoms with Crippen LogP contribution in [0.25, 0.3) is 0 Å². The predicted octanol–water partition coefficient (Wildman–Crippen LogP) is -1.27. The number of nitrogens with zero attached hydrogens (tertiary/aromatic N) is 1. The van der Waals surface area contributed by atoms with Crippen molar-refractivity contribution >= 4 is 9.84 Å². The van der Waals surface area contributed by atoms with E-state index in [1.807, 2.05) is 0 Å². The van der Waals surface area contributed by atoms with Gasteiger partial charge in [0.1, 0.15) is 11.5 Å². The van der Waals surface area contributed by atoms with Gasteiger partial charge in [-0.1, -0.05) is 0 Å². The normalized spacial score (nSPS) is 34.6. The van der Waals surface area contributed by atoms with E-state index in [0.717, 1.165) is 6.26 Å². The summed E-state index contributed by atoms with van der Waals surface area (Å²) in [6.45, 7) is 0.457. The molecule has 1 radical (unpaired) electrons. The van der Waals surface area contributed by atoms with Crippen molar-refractivity contribution in [3.05, 3.63) is 0 Å². The number of aliphatic hydroxyl groups is 1. The molecule has 1 heterocycles. The molecule has 0 saturated carbocycles. The van der Waals surface area contributed by atoms with E-state index in [9.17, 15) is 8.42 Å². The molecule has 0 aliphatic carbocycles. The van der Waals surface area contributed by atoms with E-state index in [1.165, 1.54) is 0 Å². The van der Waals surface area contributed by atoms with E-state index in [1.54, 1.807) is 0 Å². The smallest absolute Gasteiger partial charge is 0.154 e. The zero-order valence-electron chi connectivity index (χ0n) is 5.69. The molecule has 4 nitrogen and oxygen atoms in total. The molecule has 0 aromatic heterocycles. The lowest BCUT2D eigenvalue weighted by Gasteiger charge is -2.09. The summed E-state index contributed by atoms with van der Waals surface area (Å²) in [5.41, 5.74) is 0. The van der Waals surface area contributed by atoms with Gasteiger partial charge in [0, 0.05) is 12.8 Å². The van der Waals surface area contributed by atoms with E-state index in [-0.39, 0.29) is 0 Å². The third-order valence-corrected chi connectivity index (χ3v) is 3.19. The van der Waals surface area contributed by atoms with Crippen LogP contribution in [-0.2, 0) is 9.84 Å². The highest BCUT2D eigenvalue weighted by molar-refractivity contribution is 7.91. The molecule has 1 rings (SSSR count). The maximum Gasteiger partial charge on any atom is 0.154 e. The fourth-order valence-corrected chi connectivity index (χ4v) is 2.10. The summed E-state index contributed by atoms with van der Waals surface area (Å²) >= 11 is 0. The Morgan fingerprint density at radius 2 is 2.20 bits per heavy atom. The van der Waals surface area contributed by atoms with Gasteiger partial charge in [-0.2, -0.15) is 0 Å². The molecule has 2 unspecified atom stereocenters. The third-order valence-electron chi connectivity index (χ3n) is 1.61. The quantitative estimate of drug-likeness (QED) is 0.525. The van der Waals surface area contributed by atoms with Crippen molar-refractivity contribution in [1.29, 1.82) is 0 Å². The van der Waals surface area contributed by atoms with Crippen molar-refractivity contribution in [1.82, 2.24) is 5.32 Å². The maximum atomic E-state index is 10.8. The summed E-state index contributed by atoms with van der Waals surface area (Å²) in [6.07, 6.45) is 0.594. The molecular formula is C5H10NO3S. The Balaban J connectivity index is 2.74. The number of aliphatic hydroxyl groups excluding tert-OH is 1. The van der Waals surface area contributed by atoms with Crippen LogP contribution < -0.4 is 5.32 Å². The standard InChI is InChI=1S/C5H10NO3S/c1-10(8,9)4-2-3-6-5(4)7/h4-5,7H,2-3H2,1H3. The second kappa shape index (κ2) is 2.48. The third kappa shape index (κ3) is 1.47. The topological polar surface area (TPSA) is 68.5 Å². The second-order valence-electron chi connectivity index (χ2n) is 2.48. The van der Waals surface area contributed by atoms with E-state index >= 15 is 0 Å². The van der Waals surface area contributed by atoms with Crippen molar-refractivity contribution in [3.63, 3.8) is 0 Å². The molecular weight excluding hydrogens is 154 g/mol. The summed E-state index contributed by atoms with van der Waals surface area (Å²) < 4.78 is 21.6. The van der Waals surface area contributed by atoms with Crippen molar-refractivity contribution in [2.75, 3.05) is 12.8 Å². The van der Waals surface area contributed by atoms with Gasteiger partial charge in [-0.3, -0.25) is 0 Å². The van der Waals surface area contributed by atoms with Crippen LogP contribution >= 0.6 is 0 Å². The molecule has 2 atom stereocenters. The van der Waals surface area contributed by atoms with Crippen molar-refractivity contribution in [2.24, 2.45) is 0 Å². The summed E-state index contributed by atoms with van der Waals surface area (Å²) in [7, 11) is -3.10. The Kier molecular flexibility index (Phi) is 1.98. The zero-order valence-corrected chi connectivity index (χ0v) is 6.50. The van der Waals surface area contributed by atoms with Gasteiger partial charge in [0.05, 0.1) is 0 Å². The van der Waals surface area contributed by atoms with Crippen LogP contribution in [0.2, 0.25) is 0 Å². The molecule has 1 N–H and O–H groups in total. The first-order valence-electron chi connectivity index (χ1n) is 3.05. The molecule has 0 aromatic rings. The molecule has 1 aliphatic heterocycles. The number of hydrogen-bond donors (Lipinski definition) is 1.